The first-order valence-electron chi connectivity index (χ1n) is 7.70. The lowest BCUT2D eigenvalue weighted by atomic mass is 9.83. The Balaban J connectivity index is 1.98. The van der Waals surface area contributed by atoms with Crippen LogP contribution in [0.3, 0.4) is 0 Å². The van der Waals surface area contributed by atoms with Gasteiger partial charge in [-0.2, -0.15) is 0 Å². The standard InChI is InChI=1S/C17H27NO/c1-3-11-18-13-16-10-7-12-19-17(16)14(2)15-8-5-4-6-9-15/h4-6,8-9,14,16-18H,3,7,10-13H2,1-2H3. The van der Waals surface area contributed by atoms with Gasteiger partial charge in [0.1, 0.15) is 0 Å². The molecule has 0 aromatic heterocycles. The second kappa shape index (κ2) is 7.66. The summed E-state index contributed by atoms with van der Waals surface area (Å²) in [5.74, 6) is 1.13. The maximum Gasteiger partial charge on any atom is 0.0681 e. The van der Waals surface area contributed by atoms with E-state index in [1.165, 1.54) is 24.8 Å². The number of nitrogens with one attached hydrogen (secondary N) is 1. The van der Waals surface area contributed by atoms with E-state index in [4.69, 9.17) is 4.74 Å². The molecule has 1 aliphatic rings. The molecule has 3 unspecified atom stereocenters. The molecule has 0 spiro atoms. The Morgan fingerprint density at radius 3 is 2.84 bits per heavy atom. The van der Waals surface area contributed by atoms with E-state index >= 15 is 0 Å². The third kappa shape index (κ3) is 4.05. The molecule has 1 aliphatic heterocycles. The third-order valence-corrected chi connectivity index (χ3v) is 4.15. The molecule has 1 aromatic rings. The zero-order valence-corrected chi connectivity index (χ0v) is 12.3. The quantitative estimate of drug-likeness (QED) is 0.790. The second-order valence-corrected chi connectivity index (χ2v) is 5.64. The molecule has 0 saturated carbocycles. The fraction of sp³-hybridized carbons (Fsp3) is 0.647. The van der Waals surface area contributed by atoms with Crippen molar-refractivity contribution < 1.29 is 4.74 Å². The highest BCUT2D eigenvalue weighted by atomic mass is 16.5. The van der Waals surface area contributed by atoms with Crippen molar-refractivity contribution in [3.05, 3.63) is 35.9 Å². The molecule has 106 valence electrons. The topological polar surface area (TPSA) is 21.3 Å². The van der Waals surface area contributed by atoms with Crippen LogP contribution in [0.25, 0.3) is 0 Å². The summed E-state index contributed by atoms with van der Waals surface area (Å²) >= 11 is 0. The van der Waals surface area contributed by atoms with Gasteiger partial charge in [-0.3, -0.25) is 0 Å². The van der Waals surface area contributed by atoms with Gasteiger partial charge in [-0.25, -0.2) is 0 Å². The minimum atomic E-state index is 0.362. The lowest BCUT2D eigenvalue weighted by molar-refractivity contribution is -0.0384. The van der Waals surface area contributed by atoms with Crippen LogP contribution in [0.1, 0.15) is 44.6 Å². The van der Waals surface area contributed by atoms with Gasteiger partial charge in [-0.1, -0.05) is 44.2 Å². The summed E-state index contributed by atoms with van der Waals surface area (Å²) in [4.78, 5) is 0. The van der Waals surface area contributed by atoms with Gasteiger partial charge >= 0.3 is 0 Å². The van der Waals surface area contributed by atoms with E-state index in [0.717, 1.165) is 19.7 Å². The normalized spacial score (nSPS) is 25.2. The molecule has 2 nitrogen and oxygen atoms in total. The minimum Gasteiger partial charge on any atom is -0.377 e. The van der Waals surface area contributed by atoms with Crippen molar-refractivity contribution in [2.75, 3.05) is 19.7 Å². The zero-order valence-electron chi connectivity index (χ0n) is 12.3. The zero-order chi connectivity index (χ0) is 13.5. The monoisotopic (exact) mass is 261 g/mol. The van der Waals surface area contributed by atoms with Crippen LogP contribution < -0.4 is 5.32 Å². The van der Waals surface area contributed by atoms with Crippen LogP contribution in [0.5, 0.6) is 0 Å². The van der Waals surface area contributed by atoms with Gasteiger partial charge in [0.2, 0.25) is 0 Å². The van der Waals surface area contributed by atoms with Gasteiger partial charge in [-0.15, -0.1) is 0 Å². The summed E-state index contributed by atoms with van der Waals surface area (Å²) in [6.45, 7) is 7.65. The van der Waals surface area contributed by atoms with Crippen LogP contribution in [0, 0.1) is 5.92 Å². The number of rotatable bonds is 6. The van der Waals surface area contributed by atoms with E-state index in [-0.39, 0.29) is 0 Å². The molecule has 1 aromatic carbocycles. The molecule has 1 N–H and O–H groups in total. The van der Waals surface area contributed by atoms with Gasteiger partial charge < -0.3 is 10.1 Å². The molecule has 19 heavy (non-hydrogen) atoms. The van der Waals surface area contributed by atoms with Crippen LogP contribution in [0.2, 0.25) is 0 Å². The number of hydrogen-bond acceptors (Lipinski definition) is 2. The molecule has 2 rings (SSSR count). The molecule has 0 aliphatic carbocycles. The van der Waals surface area contributed by atoms with Gasteiger partial charge in [-0.05, 0) is 37.3 Å². The van der Waals surface area contributed by atoms with E-state index in [1.807, 2.05) is 0 Å². The van der Waals surface area contributed by atoms with E-state index in [1.54, 1.807) is 0 Å². The van der Waals surface area contributed by atoms with Gasteiger partial charge in [0, 0.05) is 19.1 Å². The average Bonchev–Trinajstić information content (AvgIpc) is 2.48. The highest BCUT2D eigenvalue weighted by molar-refractivity contribution is 5.20. The summed E-state index contributed by atoms with van der Waals surface area (Å²) in [5.41, 5.74) is 1.40. The van der Waals surface area contributed by atoms with Crippen molar-refractivity contribution in [3.63, 3.8) is 0 Å². The van der Waals surface area contributed by atoms with Gasteiger partial charge in [0.05, 0.1) is 6.10 Å². The number of hydrogen-bond donors (Lipinski definition) is 1. The highest BCUT2D eigenvalue weighted by Crippen LogP contribution is 2.31. The maximum absolute atomic E-state index is 6.10. The highest BCUT2D eigenvalue weighted by Gasteiger charge is 2.30. The molecule has 2 heteroatoms. The van der Waals surface area contributed by atoms with Crippen LogP contribution in [0.4, 0.5) is 0 Å². The predicted octanol–water partition coefficient (Wildman–Crippen LogP) is 3.58. The molecule has 0 bridgehead atoms. The van der Waals surface area contributed by atoms with Crippen molar-refractivity contribution in [2.45, 2.75) is 45.1 Å². The third-order valence-electron chi connectivity index (χ3n) is 4.15. The summed E-state index contributed by atoms with van der Waals surface area (Å²) in [6, 6.07) is 10.8. The fourth-order valence-corrected chi connectivity index (χ4v) is 3.05. The molecule has 1 fully saturated rings. The minimum absolute atomic E-state index is 0.362. The van der Waals surface area contributed by atoms with Crippen LogP contribution >= 0.6 is 0 Å². The Bertz CT molecular complexity index is 352. The lowest BCUT2D eigenvalue weighted by Gasteiger charge is -2.36. The van der Waals surface area contributed by atoms with E-state index in [2.05, 4.69) is 49.5 Å². The molecule has 0 amide bonds. The van der Waals surface area contributed by atoms with Crippen LogP contribution in [-0.4, -0.2) is 25.8 Å². The van der Waals surface area contributed by atoms with E-state index in [0.29, 0.717) is 17.9 Å². The van der Waals surface area contributed by atoms with Crippen LogP contribution in [-0.2, 0) is 4.74 Å². The smallest absolute Gasteiger partial charge is 0.0681 e. The first-order valence-corrected chi connectivity index (χ1v) is 7.70. The Labute approximate surface area is 117 Å². The number of ether oxygens (including phenoxy) is 1. The summed E-state index contributed by atoms with van der Waals surface area (Å²) in [7, 11) is 0. The number of benzene rings is 1. The molecule has 3 atom stereocenters. The molecule has 0 radical (unpaired) electrons. The molecule has 1 saturated heterocycles. The van der Waals surface area contributed by atoms with Gasteiger partial charge in [0.15, 0.2) is 0 Å². The largest absolute Gasteiger partial charge is 0.377 e. The van der Waals surface area contributed by atoms with E-state index < -0.39 is 0 Å². The SMILES string of the molecule is CCCNCC1CCCOC1C(C)c1ccccc1. The molecule has 1 heterocycles. The summed E-state index contributed by atoms with van der Waals surface area (Å²) in [5, 5.41) is 3.56. The Hall–Kier alpha value is -0.860. The average molecular weight is 261 g/mol. The first kappa shape index (κ1) is 14.5. The van der Waals surface area contributed by atoms with Crippen molar-refractivity contribution in [1.82, 2.24) is 5.32 Å². The Morgan fingerprint density at radius 1 is 1.32 bits per heavy atom. The summed E-state index contributed by atoms with van der Waals surface area (Å²) in [6.07, 6.45) is 4.06. The molecular formula is C17H27NO. The predicted molar refractivity (Wildman–Crippen MR) is 80.5 cm³/mol. The van der Waals surface area contributed by atoms with Crippen molar-refractivity contribution in [2.24, 2.45) is 5.92 Å². The lowest BCUT2D eigenvalue weighted by Crippen LogP contribution is -2.40. The fourth-order valence-electron chi connectivity index (χ4n) is 3.05. The second-order valence-electron chi connectivity index (χ2n) is 5.64. The van der Waals surface area contributed by atoms with Crippen molar-refractivity contribution >= 4 is 0 Å². The van der Waals surface area contributed by atoms with Crippen molar-refractivity contribution in [3.8, 4) is 0 Å². The Kier molecular flexibility index (Phi) is 5.87. The first-order chi connectivity index (χ1) is 9.33. The van der Waals surface area contributed by atoms with Crippen molar-refractivity contribution in [1.29, 1.82) is 0 Å². The van der Waals surface area contributed by atoms with Crippen LogP contribution in [0.15, 0.2) is 30.3 Å². The summed E-state index contributed by atoms with van der Waals surface area (Å²) < 4.78 is 6.10. The maximum atomic E-state index is 6.10. The van der Waals surface area contributed by atoms with E-state index in [9.17, 15) is 0 Å². The molecular weight excluding hydrogens is 234 g/mol. The Morgan fingerprint density at radius 2 is 2.11 bits per heavy atom. The van der Waals surface area contributed by atoms with Gasteiger partial charge in [0.25, 0.3) is 0 Å².